The van der Waals surface area contributed by atoms with Crippen LogP contribution in [0.3, 0.4) is 0 Å². The van der Waals surface area contributed by atoms with E-state index in [9.17, 15) is 9.59 Å². The largest absolute Gasteiger partial charge is 0.468 e. The molecule has 1 saturated heterocycles. The number of hydrogen-bond acceptors (Lipinski definition) is 4. The highest BCUT2D eigenvalue weighted by atomic mass is 16.5. The molecule has 0 atom stereocenters. The summed E-state index contributed by atoms with van der Waals surface area (Å²) in [5.74, 6) is 0.202. The van der Waals surface area contributed by atoms with Gasteiger partial charge in [0.2, 0.25) is 5.88 Å². The Morgan fingerprint density at radius 2 is 2.00 bits per heavy atom. The molecular formula is C13H20N4O3. The number of amides is 2. The number of aryl methyl sites for hydroxylation is 1. The molecule has 0 radical (unpaired) electrons. The molecule has 1 aromatic heterocycles. The molecule has 7 heteroatoms. The highest BCUT2D eigenvalue weighted by Crippen LogP contribution is 2.16. The van der Waals surface area contributed by atoms with Crippen LogP contribution in [0.15, 0.2) is 6.07 Å². The minimum Gasteiger partial charge on any atom is -0.468 e. The van der Waals surface area contributed by atoms with Gasteiger partial charge in [-0.3, -0.25) is 9.59 Å². The molecule has 1 fully saturated rings. The number of likely N-dealkylation sites (N-methyl/N-ethyl adjacent to an activating group) is 1. The fourth-order valence-corrected chi connectivity index (χ4v) is 2.04. The summed E-state index contributed by atoms with van der Waals surface area (Å²) in [5, 5.41) is 4.15. The number of aromatic nitrogens is 2. The topological polar surface area (TPSA) is 67.7 Å². The van der Waals surface area contributed by atoms with Gasteiger partial charge in [-0.15, -0.1) is 0 Å². The van der Waals surface area contributed by atoms with Crippen LogP contribution in [0.25, 0.3) is 0 Å². The molecule has 1 aromatic rings. The molecule has 0 unspecified atom stereocenters. The fourth-order valence-electron chi connectivity index (χ4n) is 2.04. The lowest BCUT2D eigenvalue weighted by Gasteiger charge is -2.12. The average molecular weight is 280 g/mol. The summed E-state index contributed by atoms with van der Waals surface area (Å²) in [7, 11) is 5.02. The zero-order valence-corrected chi connectivity index (χ0v) is 12.1. The number of likely N-dealkylation sites (tertiary alicyclic amines) is 1. The summed E-state index contributed by atoms with van der Waals surface area (Å²) < 4.78 is 6.87. The average Bonchev–Trinajstić information content (AvgIpc) is 3.04. The first-order valence-corrected chi connectivity index (χ1v) is 6.65. The van der Waals surface area contributed by atoms with Crippen molar-refractivity contribution in [1.82, 2.24) is 19.6 Å². The Hall–Kier alpha value is -2.05. The van der Waals surface area contributed by atoms with Gasteiger partial charge in [0.25, 0.3) is 11.8 Å². The third-order valence-corrected chi connectivity index (χ3v) is 3.29. The first kappa shape index (κ1) is 14.4. The Bertz CT molecular complexity index is 504. The molecule has 0 bridgehead atoms. The second-order valence-corrected chi connectivity index (χ2v) is 5.07. The van der Waals surface area contributed by atoms with Crippen molar-refractivity contribution >= 4 is 11.8 Å². The standard InChI is InChI=1S/C13H20N4O3/c1-15(2)11(18)9-20-12-8-10(14-16(12)3)13(19)17-6-4-5-7-17/h8H,4-7,9H2,1-3H3. The monoisotopic (exact) mass is 280 g/mol. The molecule has 0 saturated carbocycles. The summed E-state index contributed by atoms with van der Waals surface area (Å²) in [4.78, 5) is 26.9. The van der Waals surface area contributed by atoms with E-state index in [-0.39, 0.29) is 18.4 Å². The number of carbonyl (C=O) groups is 2. The maximum atomic E-state index is 12.2. The van der Waals surface area contributed by atoms with Crippen LogP contribution < -0.4 is 4.74 Å². The summed E-state index contributed by atoms with van der Waals surface area (Å²) >= 11 is 0. The van der Waals surface area contributed by atoms with Gasteiger partial charge < -0.3 is 14.5 Å². The van der Waals surface area contributed by atoms with E-state index >= 15 is 0 Å². The van der Waals surface area contributed by atoms with Gasteiger partial charge in [-0.05, 0) is 12.8 Å². The molecule has 7 nitrogen and oxygen atoms in total. The molecule has 1 aliphatic heterocycles. The Morgan fingerprint density at radius 3 is 2.60 bits per heavy atom. The van der Waals surface area contributed by atoms with E-state index in [1.807, 2.05) is 0 Å². The predicted molar refractivity (Wildman–Crippen MR) is 72.5 cm³/mol. The van der Waals surface area contributed by atoms with Gasteiger partial charge in [-0.2, -0.15) is 5.10 Å². The van der Waals surface area contributed by atoms with Gasteiger partial charge in [0.15, 0.2) is 12.3 Å². The van der Waals surface area contributed by atoms with Crippen LogP contribution in [0.4, 0.5) is 0 Å². The molecule has 0 aliphatic carbocycles. The van der Waals surface area contributed by atoms with Crippen LogP contribution in [0, 0.1) is 0 Å². The molecule has 0 spiro atoms. The SMILES string of the molecule is CN(C)C(=O)COc1cc(C(=O)N2CCCC2)nn1C. The number of hydrogen-bond donors (Lipinski definition) is 0. The van der Waals surface area contributed by atoms with Crippen molar-refractivity contribution in [1.29, 1.82) is 0 Å². The maximum Gasteiger partial charge on any atom is 0.274 e. The van der Waals surface area contributed by atoms with E-state index < -0.39 is 0 Å². The minimum absolute atomic E-state index is 0.0656. The van der Waals surface area contributed by atoms with E-state index in [2.05, 4.69) is 5.10 Å². The number of carbonyl (C=O) groups excluding carboxylic acids is 2. The molecule has 20 heavy (non-hydrogen) atoms. The zero-order chi connectivity index (χ0) is 14.7. The molecule has 110 valence electrons. The molecule has 2 amide bonds. The van der Waals surface area contributed by atoms with Gasteiger partial charge in [0.1, 0.15) is 0 Å². The quantitative estimate of drug-likeness (QED) is 0.786. The lowest BCUT2D eigenvalue weighted by Crippen LogP contribution is -2.28. The van der Waals surface area contributed by atoms with Gasteiger partial charge in [-0.1, -0.05) is 0 Å². The highest BCUT2D eigenvalue weighted by Gasteiger charge is 2.23. The van der Waals surface area contributed by atoms with Crippen LogP contribution >= 0.6 is 0 Å². The third kappa shape index (κ3) is 3.09. The summed E-state index contributed by atoms with van der Waals surface area (Å²) in [6.07, 6.45) is 2.08. The highest BCUT2D eigenvalue weighted by molar-refractivity contribution is 5.92. The summed E-state index contributed by atoms with van der Waals surface area (Å²) in [6, 6.07) is 1.59. The molecule has 0 N–H and O–H groups in total. The molecule has 0 aromatic carbocycles. The second kappa shape index (κ2) is 5.94. The van der Waals surface area contributed by atoms with E-state index in [1.165, 1.54) is 9.58 Å². The second-order valence-electron chi connectivity index (χ2n) is 5.07. The van der Waals surface area contributed by atoms with Gasteiger partial charge >= 0.3 is 0 Å². The van der Waals surface area contributed by atoms with Crippen molar-refractivity contribution in [3.8, 4) is 5.88 Å². The van der Waals surface area contributed by atoms with Crippen LogP contribution in [0.2, 0.25) is 0 Å². The van der Waals surface area contributed by atoms with Crippen LogP contribution in [0.5, 0.6) is 5.88 Å². The Labute approximate surface area is 118 Å². The van der Waals surface area contributed by atoms with E-state index in [0.29, 0.717) is 11.6 Å². The smallest absolute Gasteiger partial charge is 0.274 e. The van der Waals surface area contributed by atoms with E-state index in [4.69, 9.17) is 4.74 Å². The lowest BCUT2D eigenvalue weighted by atomic mass is 10.4. The van der Waals surface area contributed by atoms with Crippen LogP contribution in [-0.2, 0) is 11.8 Å². The third-order valence-electron chi connectivity index (χ3n) is 3.29. The molecule has 2 heterocycles. The minimum atomic E-state index is -0.140. The number of rotatable bonds is 4. The summed E-state index contributed by atoms with van der Waals surface area (Å²) in [6.45, 7) is 1.50. The van der Waals surface area contributed by atoms with Crippen molar-refractivity contribution in [2.24, 2.45) is 7.05 Å². The molecular weight excluding hydrogens is 260 g/mol. The van der Waals surface area contributed by atoms with E-state index in [0.717, 1.165) is 25.9 Å². The first-order valence-electron chi connectivity index (χ1n) is 6.65. The number of ether oxygens (including phenoxy) is 1. The van der Waals surface area contributed by atoms with Crippen molar-refractivity contribution in [3.05, 3.63) is 11.8 Å². The van der Waals surface area contributed by atoms with Gasteiger partial charge in [0, 0.05) is 40.3 Å². The number of nitrogens with zero attached hydrogens (tertiary/aromatic N) is 4. The van der Waals surface area contributed by atoms with Crippen molar-refractivity contribution < 1.29 is 14.3 Å². The zero-order valence-electron chi connectivity index (χ0n) is 12.1. The first-order chi connectivity index (χ1) is 9.49. The van der Waals surface area contributed by atoms with Crippen molar-refractivity contribution in [2.45, 2.75) is 12.8 Å². The van der Waals surface area contributed by atoms with E-state index in [1.54, 1.807) is 32.1 Å². The van der Waals surface area contributed by atoms with Crippen LogP contribution in [0.1, 0.15) is 23.3 Å². The van der Waals surface area contributed by atoms with Crippen LogP contribution in [-0.4, -0.2) is 65.2 Å². The van der Waals surface area contributed by atoms with Crippen molar-refractivity contribution in [3.63, 3.8) is 0 Å². The predicted octanol–water partition coefficient (Wildman–Crippen LogP) is 0.123. The molecule has 2 rings (SSSR count). The van der Waals surface area contributed by atoms with Gasteiger partial charge in [-0.25, -0.2) is 4.68 Å². The molecule has 1 aliphatic rings. The summed E-state index contributed by atoms with van der Waals surface area (Å²) in [5.41, 5.74) is 0.363. The Balaban J connectivity index is 2.01. The Kier molecular flexibility index (Phi) is 4.26. The lowest BCUT2D eigenvalue weighted by molar-refractivity contribution is -0.130. The normalized spacial score (nSPS) is 14.4. The van der Waals surface area contributed by atoms with Crippen molar-refractivity contribution in [2.75, 3.05) is 33.8 Å². The van der Waals surface area contributed by atoms with Gasteiger partial charge in [0.05, 0.1) is 0 Å². The maximum absolute atomic E-state index is 12.2. The Morgan fingerprint density at radius 1 is 1.35 bits per heavy atom. The fraction of sp³-hybridized carbons (Fsp3) is 0.615.